The van der Waals surface area contributed by atoms with Gasteiger partial charge in [0.15, 0.2) is 0 Å². The van der Waals surface area contributed by atoms with Gasteiger partial charge < -0.3 is 10.2 Å². The third kappa shape index (κ3) is 4.15. The number of aromatic nitrogens is 1. The van der Waals surface area contributed by atoms with Crippen LogP contribution in [0.1, 0.15) is 13.3 Å². The Hall–Kier alpha value is -2.70. The number of amides is 1. The summed E-state index contributed by atoms with van der Waals surface area (Å²) in [4.78, 5) is 27.8. The molecule has 7 heteroatoms. The molecule has 1 aliphatic heterocycles. The van der Waals surface area contributed by atoms with Crippen molar-refractivity contribution in [1.29, 1.82) is 0 Å². The summed E-state index contributed by atoms with van der Waals surface area (Å²) in [7, 11) is 0. The molecule has 22 heavy (non-hydrogen) atoms. The number of pyridine rings is 1. The van der Waals surface area contributed by atoms with E-state index in [9.17, 15) is 14.9 Å². The van der Waals surface area contributed by atoms with Gasteiger partial charge in [0.2, 0.25) is 5.91 Å². The van der Waals surface area contributed by atoms with Crippen LogP contribution in [-0.4, -0.2) is 39.8 Å². The monoisotopic (exact) mass is 302 g/mol. The maximum absolute atomic E-state index is 11.9. The van der Waals surface area contributed by atoms with E-state index >= 15 is 0 Å². The highest BCUT2D eigenvalue weighted by Gasteiger charge is 2.25. The summed E-state index contributed by atoms with van der Waals surface area (Å²) >= 11 is 0. The molecule has 1 fully saturated rings. The minimum Gasteiger partial charge on any atom is -0.365 e. The fourth-order valence-electron chi connectivity index (χ4n) is 2.22. The molecule has 0 radical (unpaired) electrons. The first-order chi connectivity index (χ1) is 10.6. The first-order valence-corrected chi connectivity index (χ1v) is 7.05. The second-order valence-electron chi connectivity index (χ2n) is 4.96. The Labute approximate surface area is 128 Å². The third-order valence-corrected chi connectivity index (χ3v) is 3.35. The van der Waals surface area contributed by atoms with E-state index in [1.165, 1.54) is 12.3 Å². The Morgan fingerprint density at radius 1 is 1.50 bits per heavy atom. The fourth-order valence-corrected chi connectivity index (χ4v) is 2.22. The Morgan fingerprint density at radius 3 is 2.95 bits per heavy atom. The van der Waals surface area contributed by atoms with Crippen LogP contribution in [0.3, 0.4) is 0 Å². The van der Waals surface area contributed by atoms with Crippen LogP contribution in [0.2, 0.25) is 0 Å². The number of anilines is 1. The number of allylic oxidation sites excluding steroid dienone is 3. The predicted octanol–water partition coefficient (Wildman–Crippen LogP) is 2.13. The van der Waals surface area contributed by atoms with Gasteiger partial charge >= 0.3 is 0 Å². The molecular formula is C15H18N4O3. The number of rotatable bonds is 5. The molecule has 0 aliphatic carbocycles. The normalized spacial score (nSPS) is 18.2. The first-order valence-electron chi connectivity index (χ1n) is 7.05. The minimum absolute atomic E-state index is 0.0148. The van der Waals surface area contributed by atoms with Crippen LogP contribution in [-0.2, 0) is 4.79 Å². The van der Waals surface area contributed by atoms with E-state index in [-0.39, 0.29) is 17.6 Å². The lowest BCUT2D eigenvalue weighted by atomic mass is 10.2. The largest absolute Gasteiger partial charge is 0.365 e. The second kappa shape index (κ2) is 7.35. The molecule has 0 saturated carbocycles. The maximum atomic E-state index is 11.9. The number of nitrogens with zero attached hydrogens (tertiary/aromatic N) is 3. The van der Waals surface area contributed by atoms with Gasteiger partial charge in [0.05, 0.1) is 4.92 Å². The smallest absolute Gasteiger partial charge is 0.287 e. The summed E-state index contributed by atoms with van der Waals surface area (Å²) in [5, 5.41) is 13.8. The third-order valence-electron chi connectivity index (χ3n) is 3.35. The molecule has 1 N–H and O–H groups in total. The van der Waals surface area contributed by atoms with Crippen molar-refractivity contribution >= 4 is 17.4 Å². The number of nitro groups is 1. The standard InChI is InChI=1S/C15H18N4O3/c1-2-3-4-5-15(20)18-9-8-12(11-18)17-14-7-6-13(10-16-14)19(21)22/h2-7,10,12H,8-9,11H2,1H3,(H,16,17)/b3-2+,5-4+/t12-/m0/s1. The van der Waals surface area contributed by atoms with Crippen molar-refractivity contribution in [3.8, 4) is 0 Å². The number of hydrogen-bond donors (Lipinski definition) is 1. The molecule has 0 aromatic carbocycles. The number of carbonyl (C=O) groups is 1. The fraction of sp³-hybridized carbons (Fsp3) is 0.333. The number of nitrogens with one attached hydrogen (secondary N) is 1. The SMILES string of the molecule is C/C=C/C=C/C(=O)N1CC[C@H](Nc2ccc([N+](=O)[O-])cn2)C1. The molecule has 7 nitrogen and oxygen atoms in total. The Morgan fingerprint density at radius 2 is 2.32 bits per heavy atom. The van der Waals surface area contributed by atoms with Gasteiger partial charge in [-0.05, 0) is 19.4 Å². The van der Waals surface area contributed by atoms with Crippen LogP contribution in [0, 0.1) is 10.1 Å². The zero-order valence-electron chi connectivity index (χ0n) is 12.3. The topological polar surface area (TPSA) is 88.4 Å². The highest BCUT2D eigenvalue weighted by molar-refractivity contribution is 5.88. The maximum Gasteiger partial charge on any atom is 0.287 e. The van der Waals surface area contributed by atoms with Gasteiger partial charge in [0.1, 0.15) is 12.0 Å². The molecule has 0 unspecified atom stereocenters. The van der Waals surface area contributed by atoms with Crippen molar-refractivity contribution in [3.05, 3.63) is 52.7 Å². The van der Waals surface area contributed by atoms with E-state index in [1.807, 2.05) is 19.1 Å². The molecule has 1 aromatic rings. The van der Waals surface area contributed by atoms with Crippen molar-refractivity contribution in [3.63, 3.8) is 0 Å². The van der Waals surface area contributed by atoms with E-state index in [0.717, 1.165) is 6.42 Å². The molecule has 1 aliphatic rings. The summed E-state index contributed by atoms with van der Waals surface area (Å²) in [6.45, 7) is 3.17. The highest BCUT2D eigenvalue weighted by atomic mass is 16.6. The number of hydrogen-bond acceptors (Lipinski definition) is 5. The zero-order valence-corrected chi connectivity index (χ0v) is 12.3. The van der Waals surface area contributed by atoms with E-state index < -0.39 is 4.92 Å². The zero-order chi connectivity index (χ0) is 15.9. The van der Waals surface area contributed by atoms with Crippen LogP contribution in [0.5, 0.6) is 0 Å². The van der Waals surface area contributed by atoms with Crippen LogP contribution in [0.25, 0.3) is 0 Å². The number of carbonyl (C=O) groups excluding carboxylic acids is 1. The van der Waals surface area contributed by atoms with Gasteiger partial charge in [-0.1, -0.05) is 18.2 Å². The Bertz CT molecular complexity index is 595. The highest BCUT2D eigenvalue weighted by Crippen LogP contribution is 2.17. The summed E-state index contributed by atoms with van der Waals surface area (Å²) in [6.07, 6.45) is 8.98. The lowest BCUT2D eigenvalue weighted by molar-refractivity contribution is -0.385. The Kier molecular flexibility index (Phi) is 5.24. The van der Waals surface area contributed by atoms with E-state index in [2.05, 4.69) is 10.3 Å². The van der Waals surface area contributed by atoms with Gasteiger partial charge in [0.25, 0.3) is 5.69 Å². The summed E-state index contributed by atoms with van der Waals surface area (Å²) < 4.78 is 0. The van der Waals surface area contributed by atoms with Gasteiger partial charge in [-0.2, -0.15) is 0 Å². The van der Waals surface area contributed by atoms with Gasteiger partial charge in [0, 0.05) is 31.3 Å². The lowest BCUT2D eigenvalue weighted by Gasteiger charge is -2.15. The van der Waals surface area contributed by atoms with Crippen LogP contribution in [0.4, 0.5) is 11.5 Å². The average Bonchev–Trinajstić information content (AvgIpc) is 2.96. The lowest BCUT2D eigenvalue weighted by Crippen LogP contribution is -2.30. The van der Waals surface area contributed by atoms with Crippen LogP contribution >= 0.6 is 0 Å². The molecule has 116 valence electrons. The average molecular weight is 302 g/mol. The second-order valence-corrected chi connectivity index (χ2v) is 4.96. The van der Waals surface area contributed by atoms with Crippen LogP contribution < -0.4 is 5.32 Å². The quantitative estimate of drug-likeness (QED) is 0.389. The van der Waals surface area contributed by atoms with E-state index in [0.29, 0.717) is 18.9 Å². The van der Waals surface area contributed by atoms with Crippen molar-refractivity contribution < 1.29 is 9.72 Å². The number of likely N-dealkylation sites (tertiary alicyclic amines) is 1. The van der Waals surface area contributed by atoms with Gasteiger partial charge in [-0.3, -0.25) is 14.9 Å². The van der Waals surface area contributed by atoms with Crippen molar-refractivity contribution in [2.24, 2.45) is 0 Å². The molecule has 1 atom stereocenters. The predicted molar refractivity (Wildman–Crippen MR) is 83.5 cm³/mol. The molecular weight excluding hydrogens is 284 g/mol. The summed E-state index contributed by atoms with van der Waals surface area (Å²) in [6, 6.07) is 3.09. The molecule has 1 saturated heterocycles. The van der Waals surface area contributed by atoms with E-state index in [1.54, 1.807) is 23.1 Å². The molecule has 2 heterocycles. The summed E-state index contributed by atoms with van der Waals surface area (Å²) in [5.41, 5.74) is -0.0390. The molecule has 0 spiro atoms. The van der Waals surface area contributed by atoms with Crippen molar-refractivity contribution in [1.82, 2.24) is 9.88 Å². The molecule has 2 rings (SSSR count). The van der Waals surface area contributed by atoms with Gasteiger partial charge in [-0.15, -0.1) is 0 Å². The first kappa shape index (κ1) is 15.7. The van der Waals surface area contributed by atoms with Crippen molar-refractivity contribution in [2.75, 3.05) is 18.4 Å². The van der Waals surface area contributed by atoms with E-state index in [4.69, 9.17) is 0 Å². The minimum atomic E-state index is -0.482. The summed E-state index contributed by atoms with van der Waals surface area (Å²) in [5.74, 6) is 0.563. The molecule has 1 amide bonds. The Balaban J connectivity index is 1.88. The van der Waals surface area contributed by atoms with Gasteiger partial charge in [-0.25, -0.2) is 4.98 Å². The molecule has 0 bridgehead atoms. The van der Waals surface area contributed by atoms with Crippen LogP contribution in [0.15, 0.2) is 42.6 Å². The van der Waals surface area contributed by atoms with Crippen molar-refractivity contribution in [2.45, 2.75) is 19.4 Å². The molecule has 1 aromatic heterocycles.